The molecule has 1 aromatic heterocycles. The van der Waals surface area contributed by atoms with Crippen molar-refractivity contribution in [2.75, 3.05) is 26.1 Å². The molecule has 132 valence electrons. The lowest BCUT2D eigenvalue weighted by molar-refractivity contribution is 0.414. The van der Waals surface area contributed by atoms with Crippen LogP contribution >= 0.6 is 0 Å². The highest BCUT2D eigenvalue weighted by Gasteiger charge is 2.14. The molecule has 0 fully saturated rings. The van der Waals surface area contributed by atoms with Gasteiger partial charge in [0.15, 0.2) is 0 Å². The molecule has 0 bridgehead atoms. The van der Waals surface area contributed by atoms with Crippen molar-refractivity contribution in [2.45, 2.75) is 6.42 Å². The summed E-state index contributed by atoms with van der Waals surface area (Å²) in [5.74, 6) is 2.36. The fourth-order valence-corrected chi connectivity index (χ4v) is 2.49. The summed E-state index contributed by atoms with van der Waals surface area (Å²) in [5.41, 5.74) is 2.18. The first-order valence-electron chi connectivity index (χ1n) is 8.15. The van der Waals surface area contributed by atoms with Crippen LogP contribution in [0.1, 0.15) is 11.3 Å². The van der Waals surface area contributed by atoms with Crippen molar-refractivity contribution in [1.29, 1.82) is 5.26 Å². The second kappa shape index (κ2) is 8.08. The van der Waals surface area contributed by atoms with Crippen LogP contribution in [0, 0.1) is 11.3 Å². The molecule has 3 aromatic rings. The molecule has 0 saturated carbocycles. The first-order chi connectivity index (χ1) is 12.7. The van der Waals surface area contributed by atoms with Gasteiger partial charge in [0.1, 0.15) is 17.6 Å². The number of nitrogens with one attached hydrogen (secondary N) is 1. The minimum atomic E-state index is 0.241. The second-order valence-corrected chi connectivity index (χ2v) is 5.56. The quantitative estimate of drug-likeness (QED) is 0.697. The Labute approximate surface area is 152 Å². The van der Waals surface area contributed by atoms with Crippen LogP contribution in [0.3, 0.4) is 0 Å². The van der Waals surface area contributed by atoms with Gasteiger partial charge >= 0.3 is 0 Å². The van der Waals surface area contributed by atoms with Crippen LogP contribution in [0.25, 0.3) is 11.5 Å². The molecule has 0 aliphatic rings. The van der Waals surface area contributed by atoms with E-state index < -0.39 is 0 Å². The smallest absolute Gasteiger partial charge is 0.232 e. The van der Waals surface area contributed by atoms with Gasteiger partial charge in [-0.05, 0) is 48.4 Å². The van der Waals surface area contributed by atoms with Gasteiger partial charge in [0, 0.05) is 12.1 Å². The third-order valence-corrected chi connectivity index (χ3v) is 3.93. The number of nitrogens with zero attached hydrogens (tertiary/aromatic N) is 2. The van der Waals surface area contributed by atoms with E-state index in [-0.39, 0.29) is 5.69 Å². The molecule has 3 rings (SSSR count). The lowest BCUT2D eigenvalue weighted by Gasteiger charge is -2.05. The molecule has 6 heteroatoms. The maximum atomic E-state index is 9.29. The summed E-state index contributed by atoms with van der Waals surface area (Å²) >= 11 is 0. The molecular weight excluding hydrogens is 330 g/mol. The zero-order chi connectivity index (χ0) is 18.4. The molecule has 0 aliphatic heterocycles. The Hall–Kier alpha value is -3.46. The Bertz CT molecular complexity index is 894. The lowest BCUT2D eigenvalue weighted by atomic mass is 10.1. The minimum absolute atomic E-state index is 0.241. The number of anilines is 1. The molecule has 0 spiro atoms. The fourth-order valence-electron chi connectivity index (χ4n) is 2.49. The highest BCUT2D eigenvalue weighted by Crippen LogP contribution is 2.26. The van der Waals surface area contributed by atoms with Crippen LogP contribution in [0.5, 0.6) is 11.5 Å². The lowest BCUT2D eigenvalue weighted by Crippen LogP contribution is -2.05. The normalized spacial score (nSPS) is 10.2. The van der Waals surface area contributed by atoms with E-state index in [0.29, 0.717) is 18.3 Å². The van der Waals surface area contributed by atoms with Crippen molar-refractivity contribution in [3.05, 3.63) is 59.8 Å². The van der Waals surface area contributed by atoms with Crippen LogP contribution in [0.4, 0.5) is 5.88 Å². The van der Waals surface area contributed by atoms with Gasteiger partial charge in [-0.1, -0.05) is 12.1 Å². The van der Waals surface area contributed by atoms with E-state index in [1.165, 1.54) is 0 Å². The van der Waals surface area contributed by atoms with Gasteiger partial charge in [0.2, 0.25) is 17.5 Å². The molecule has 0 unspecified atom stereocenters. The number of hydrogen-bond donors (Lipinski definition) is 1. The van der Waals surface area contributed by atoms with Crippen molar-refractivity contribution < 1.29 is 13.9 Å². The zero-order valence-electron chi connectivity index (χ0n) is 14.7. The van der Waals surface area contributed by atoms with Crippen LogP contribution in [-0.4, -0.2) is 25.7 Å². The largest absolute Gasteiger partial charge is 0.497 e. The van der Waals surface area contributed by atoms with Gasteiger partial charge in [-0.2, -0.15) is 10.2 Å². The summed E-state index contributed by atoms with van der Waals surface area (Å²) in [4.78, 5) is 4.26. The second-order valence-electron chi connectivity index (χ2n) is 5.56. The molecule has 0 saturated heterocycles. The first-order valence-corrected chi connectivity index (χ1v) is 8.15. The highest BCUT2D eigenvalue weighted by atomic mass is 16.5. The van der Waals surface area contributed by atoms with E-state index >= 15 is 0 Å². The fraction of sp³-hybridized carbons (Fsp3) is 0.200. The van der Waals surface area contributed by atoms with Gasteiger partial charge in [0.25, 0.3) is 0 Å². The van der Waals surface area contributed by atoms with E-state index in [4.69, 9.17) is 13.9 Å². The van der Waals surface area contributed by atoms with Crippen LogP contribution in [-0.2, 0) is 6.42 Å². The summed E-state index contributed by atoms with van der Waals surface area (Å²) in [6, 6.07) is 17.3. The van der Waals surface area contributed by atoms with Crippen molar-refractivity contribution in [3.8, 4) is 29.0 Å². The minimum Gasteiger partial charge on any atom is -0.497 e. The molecule has 0 amide bonds. The van der Waals surface area contributed by atoms with E-state index in [1.54, 1.807) is 14.2 Å². The number of benzene rings is 2. The van der Waals surface area contributed by atoms with Crippen LogP contribution in [0.15, 0.2) is 52.9 Å². The molecule has 1 heterocycles. The standard InChI is InChI=1S/C20H19N3O3/c1-24-16-7-3-14(4-8-16)11-12-22-20-18(13-21)23-19(26-20)15-5-9-17(25-2)10-6-15/h3-10,22H,11-12H2,1-2H3. The molecule has 6 nitrogen and oxygen atoms in total. The molecule has 2 aromatic carbocycles. The maximum Gasteiger partial charge on any atom is 0.232 e. The van der Waals surface area contributed by atoms with Gasteiger partial charge < -0.3 is 19.2 Å². The Balaban J connectivity index is 1.67. The van der Waals surface area contributed by atoms with Crippen molar-refractivity contribution in [2.24, 2.45) is 0 Å². The number of ether oxygens (including phenoxy) is 2. The van der Waals surface area contributed by atoms with Crippen molar-refractivity contribution >= 4 is 5.88 Å². The van der Waals surface area contributed by atoms with E-state index in [0.717, 1.165) is 29.0 Å². The molecular formula is C20H19N3O3. The predicted molar refractivity (Wildman–Crippen MR) is 98.4 cm³/mol. The SMILES string of the molecule is COc1ccc(CCNc2oc(-c3ccc(OC)cc3)nc2C#N)cc1. The number of aromatic nitrogens is 1. The Morgan fingerprint density at radius 3 is 2.19 bits per heavy atom. The molecule has 0 radical (unpaired) electrons. The summed E-state index contributed by atoms with van der Waals surface area (Å²) in [5, 5.41) is 12.4. The summed E-state index contributed by atoms with van der Waals surface area (Å²) < 4.78 is 16.0. The number of nitriles is 1. The first kappa shape index (κ1) is 17.4. The molecule has 0 aliphatic carbocycles. The van der Waals surface area contributed by atoms with Gasteiger partial charge in [-0.3, -0.25) is 0 Å². The topological polar surface area (TPSA) is 80.3 Å². The Kier molecular flexibility index (Phi) is 5.40. The monoisotopic (exact) mass is 349 g/mol. The Morgan fingerprint density at radius 1 is 1.00 bits per heavy atom. The Morgan fingerprint density at radius 2 is 1.62 bits per heavy atom. The summed E-state index contributed by atoms with van der Waals surface area (Å²) in [7, 11) is 3.25. The number of methoxy groups -OCH3 is 2. The number of hydrogen-bond acceptors (Lipinski definition) is 6. The molecule has 0 atom stereocenters. The zero-order valence-corrected chi connectivity index (χ0v) is 14.7. The highest BCUT2D eigenvalue weighted by molar-refractivity contribution is 5.59. The van der Waals surface area contributed by atoms with Gasteiger partial charge in [-0.15, -0.1) is 0 Å². The third-order valence-electron chi connectivity index (χ3n) is 3.93. The summed E-state index contributed by atoms with van der Waals surface area (Å²) in [6.07, 6.45) is 0.785. The molecule has 26 heavy (non-hydrogen) atoms. The maximum absolute atomic E-state index is 9.29. The molecule has 1 N–H and O–H groups in total. The predicted octanol–water partition coefficient (Wildman–Crippen LogP) is 3.89. The third kappa shape index (κ3) is 3.95. The average molecular weight is 349 g/mol. The average Bonchev–Trinajstić information content (AvgIpc) is 3.12. The van der Waals surface area contributed by atoms with Crippen molar-refractivity contribution in [1.82, 2.24) is 4.98 Å². The van der Waals surface area contributed by atoms with E-state index in [1.807, 2.05) is 48.5 Å². The van der Waals surface area contributed by atoms with Gasteiger partial charge in [0.05, 0.1) is 14.2 Å². The summed E-state index contributed by atoms with van der Waals surface area (Å²) in [6.45, 7) is 0.623. The van der Waals surface area contributed by atoms with Crippen molar-refractivity contribution in [3.63, 3.8) is 0 Å². The van der Waals surface area contributed by atoms with Gasteiger partial charge in [-0.25, -0.2) is 0 Å². The van der Waals surface area contributed by atoms with Crippen LogP contribution < -0.4 is 14.8 Å². The van der Waals surface area contributed by atoms with Crippen LogP contribution in [0.2, 0.25) is 0 Å². The number of oxazole rings is 1. The van der Waals surface area contributed by atoms with E-state index in [2.05, 4.69) is 16.4 Å². The van der Waals surface area contributed by atoms with E-state index in [9.17, 15) is 5.26 Å². The number of rotatable bonds is 7.